The van der Waals surface area contributed by atoms with E-state index in [9.17, 15) is 9.90 Å². The minimum Gasteiger partial charge on any atom is -0.479 e. The number of hydrogen-bond acceptors (Lipinski definition) is 3. The second-order valence-corrected chi connectivity index (χ2v) is 4.29. The third-order valence-electron chi connectivity index (χ3n) is 2.63. The van der Waals surface area contributed by atoms with Crippen molar-refractivity contribution >= 4 is 5.97 Å². The maximum absolute atomic E-state index is 11.4. The van der Waals surface area contributed by atoms with Crippen LogP contribution in [0.4, 0.5) is 0 Å². The van der Waals surface area contributed by atoms with Gasteiger partial charge in [0.05, 0.1) is 6.61 Å². The smallest absolute Gasteiger partial charge is 0.343 e. The molecule has 0 amide bonds. The lowest BCUT2D eigenvalue weighted by atomic mass is 9.95. The zero-order valence-electron chi connectivity index (χ0n) is 9.27. The first-order chi connectivity index (χ1) is 7.46. The number of rotatable bonds is 2. The van der Waals surface area contributed by atoms with Crippen molar-refractivity contribution in [3.05, 3.63) is 35.9 Å². The van der Waals surface area contributed by atoms with Crippen molar-refractivity contribution < 1.29 is 19.4 Å². The highest BCUT2D eigenvalue weighted by atomic mass is 16.8. The fraction of sp³-hybridized carbons (Fsp3) is 0.417. The van der Waals surface area contributed by atoms with Gasteiger partial charge in [-0.3, -0.25) is 0 Å². The largest absolute Gasteiger partial charge is 0.479 e. The topological polar surface area (TPSA) is 55.8 Å². The molecular formula is C12H14O4. The minimum atomic E-state index is -1.38. The van der Waals surface area contributed by atoms with Gasteiger partial charge in [0.15, 0.2) is 5.79 Å². The molecule has 0 bridgehead atoms. The number of carboxylic acid groups (broad SMARTS) is 1. The van der Waals surface area contributed by atoms with Gasteiger partial charge in [-0.15, -0.1) is 0 Å². The summed E-state index contributed by atoms with van der Waals surface area (Å²) >= 11 is 0. The van der Waals surface area contributed by atoms with Gasteiger partial charge in [-0.1, -0.05) is 30.3 Å². The summed E-state index contributed by atoms with van der Waals surface area (Å²) in [6.45, 7) is 3.45. The molecule has 0 aliphatic carbocycles. The molecule has 1 saturated heterocycles. The predicted molar refractivity (Wildman–Crippen MR) is 56.9 cm³/mol. The van der Waals surface area contributed by atoms with Crippen LogP contribution in [0, 0.1) is 0 Å². The molecule has 1 atom stereocenters. The standard InChI is InChI=1S/C12H14O4/c1-11(2)15-8-12(16-11,10(13)14)9-6-4-3-5-7-9/h3-7H,8H2,1-2H3,(H,13,14). The van der Waals surface area contributed by atoms with Gasteiger partial charge in [-0.05, 0) is 19.4 Å². The SMILES string of the molecule is CC1(C)OCC(C(=O)O)(c2ccccc2)O1. The molecule has 2 rings (SSSR count). The Morgan fingerprint density at radius 3 is 2.38 bits per heavy atom. The number of carboxylic acids is 1. The fourth-order valence-electron chi connectivity index (χ4n) is 1.83. The van der Waals surface area contributed by atoms with E-state index in [1.54, 1.807) is 38.1 Å². The molecule has 0 aromatic heterocycles. The van der Waals surface area contributed by atoms with Crippen LogP contribution in [0.5, 0.6) is 0 Å². The molecule has 1 aliphatic heterocycles. The van der Waals surface area contributed by atoms with Crippen molar-refractivity contribution in [1.82, 2.24) is 0 Å². The Labute approximate surface area is 93.8 Å². The Balaban J connectivity index is 2.43. The zero-order chi connectivity index (χ0) is 11.8. The van der Waals surface area contributed by atoms with Crippen LogP contribution in [0.25, 0.3) is 0 Å². The highest BCUT2D eigenvalue weighted by Gasteiger charge is 2.52. The lowest BCUT2D eigenvalue weighted by Crippen LogP contribution is -2.39. The molecule has 1 N–H and O–H groups in total. The van der Waals surface area contributed by atoms with Gasteiger partial charge in [0, 0.05) is 0 Å². The first kappa shape index (κ1) is 11.1. The molecule has 0 radical (unpaired) electrons. The lowest BCUT2D eigenvalue weighted by molar-refractivity contribution is -0.187. The summed E-state index contributed by atoms with van der Waals surface area (Å²) in [5, 5.41) is 9.34. The van der Waals surface area contributed by atoms with Crippen molar-refractivity contribution in [2.24, 2.45) is 0 Å². The first-order valence-corrected chi connectivity index (χ1v) is 5.09. The average molecular weight is 222 g/mol. The Morgan fingerprint density at radius 2 is 1.94 bits per heavy atom. The van der Waals surface area contributed by atoms with Gasteiger partial charge in [-0.25, -0.2) is 4.79 Å². The van der Waals surface area contributed by atoms with Crippen molar-refractivity contribution in [1.29, 1.82) is 0 Å². The van der Waals surface area contributed by atoms with Crippen LogP contribution in [0.3, 0.4) is 0 Å². The van der Waals surface area contributed by atoms with Gasteiger partial charge < -0.3 is 14.6 Å². The van der Waals surface area contributed by atoms with Crippen molar-refractivity contribution in [3.8, 4) is 0 Å². The van der Waals surface area contributed by atoms with E-state index in [4.69, 9.17) is 9.47 Å². The van der Waals surface area contributed by atoms with Gasteiger partial charge >= 0.3 is 5.97 Å². The normalized spacial score (nSPS) is 27.9. The molecule has 86 valence electrons. The first-order valence-electron chi connectivity index (χ1n) is 5.09. The molecule has 0 spiro atoms. The van der Waals surface area contributed by atoms with E-state index >= 15 is 0 Å². The maximum atomic E-state index is 11.4. The predicted octanol–water partition coefficient (Wildman–Crippen LogP) is 1.75. The second-order valence-electron chi connectivity index (χ2n) is 4.29. The third kappa shape index (κ3) is 1.70. The number of carbonyl (C=O) groups is 1. The monoisotopic (exact) mass is 222 g/mol. The third-order valence-corrected chi connectivity index (χ3v) is 2.63. The fourth-order valence-corrected chi connectivity index (χ4v) is 1.83. The maximum Gasteiger partial charge on any atom is 0.343 e. The van der Waals surface area contributed by atoms with Crippen LogP contribution in [0.1, 0.15) is 19.4 Å². The molecule has 16 heavy (non-hydrogen) atoms. The van der Waals surface area contributed by atoms with Crippen LogP contribution >= 0.6 is 0 Å². The van der Waals surface area contributed by atoms with Gasteiger partial charge in [0.25, 0.3) is 0 Å². The van der Waals surface area contributed by atoms with E-state index in [1.165, 1.54) is 0 Å². The summed E-state index contributed by atoms with van der Waals surface area (Å²) in [6, 6.07) is 8.88. The number of ether oxygens (including phenoxy) is 2. The van der Waals surface area contributed by atoms with E-state index in [0.717, 1.165) is 0 Å². The van der Waals surface area contributed by atoms with Crippen molar-refractivity contribution in [2.45, 2.75) is 25.2 Å². The summed E-state index contributed by atoms with van der Waals surface area (Å²) in [4.78, 5) is 11.4. The summed E-state index contributed by atoms with van der Waals surface area (Å²) in [6.07, 6.45) is 0. The van der Waals surface area contributed by atoms with Crippen LogP contribution < -0.4 is 0 Å². The molecular weight excluding hydrogens is 208 g/mol. The summed E-state index contributed by atoms with van der Waals surface area (Å²) < 4.78 is 10.9. The van der Waals surface area contributed by atoms with Gasteiger partial charge in [0.1, 0.15) is 0 Å². The van der Waals surface area contributed by atoms with Crippen molar-refractivity contribution in [2.75, 3.05) is 6.61 Å². The molecule has 4 nitrogen and oxygen atoms in total. The molecule has 1 aromatic rings. The molecule has 1 fully saturated rings. The highest BCUT2D eigenvalue weighted by molar-refractivity contribution is 5.80. The van der Waals surface area contributed by atoms with Gasteiger partial charge in [0.2, 0.25) is 5.60 Å². The van der Waals surface area contributed by atoms with Gasteiger partial charge in [-0.2, -0.15) is 0 Å². The summed E-state index contributed by atoms with van der Waals surface area (Å²) in [7, 11) is 0. The summed E-state index contributed by atoms with van der Waals surface area (Å²) in [5.41, 5.74) is -0.779. The lowest BCUT2D eigenvalue weighted by Gasteiger charge is -2.25. The molecule has 1 unspecified atom stereocenters. The highest BCUT2D eigenvalue weighted by Crippen LogP contribution is 2.38. The Kier molecular flexibility index (Phi) is 2.48. The van der Waals surface area contributed by atoms with E-state index in [1.807, 2.05) is 6.07 Å². The van der Waals surface area contributed by atoms with E-state index in [2.05, 4.69) is 0 Å². The molecule has 4 heteroatoms. The van der Waals surface area contributed by atoms with Crippen LogP contribution in [-0.2, 0) is 19.9 Å². The van der Waals surface area contributed by atoms with Crippen LogP contribution in [0.15, 0.2) is 30.3 Å². The number of aliphatic carboxylic acids is 1. The zero-order valence-corrected chi connectivity index (χ0v) is 9.27. The van der Waals surface area contributed by atoms with E-state index < -0.39 is 17.4 Å². The Morgan fingerprint density at radius 1 is 1.31 bits per heavy atom. The Hall–Kier alpha value is -1.39. The average Bonchev–Trinajstić information content (AvgIpc) is 2.57. The molecule has 1 aliphatic rings. The Bertz CT molecular complexity index is 399. The number of hydrogen-bond donors (Lipinski definition) is 1. The quantitative estimate of drug-likeness (QED) is 0.828. The minimum absolute atomic E-state index is 0.0271. The van der Waals surface area contributed by atoms with E-state index in [-0.39, 0.29) is 6.61 Å². The second kappa shape index (κ2) is 3.57. The van der Waals surface area contributed by atoms with E-state index in [0.29, 0.717) is 5.56 Å². The molecule has 1 aromatic carbocycles. The van der Waals surface area contributed by atoms with Crippen molar-refractivity contribution in [3.63, 3.8) is 0 Å². The summed E-state index contributed by atoms with van der Waals surface area (Å²) in [5.74, 6) is -1.89. The number of benzene rings is 1. The molecule has 0 saturated carbocycles. The molecule has 1 heterocycles. The van der Waals surface area contributed by atoms with Crippen LogP contribution in [0.2, 0.25) is 0 Å². The van der Waals surface area contributed by atoms with Crippen LogP contribution in [-0.4, -0.2) is 23.5 Å².